The van der Waals surface area contributed by atoms with Gasteiger partial charge < -0.3 is 37.0 Å². The molecule has 238 valence electrons. The normalized spacial score (nSPS) is 18.5. The molecule has 12 nitrogen and oxygen atoms in total. The third kappa shape index (κ3) is 9.27. The maximum absolute atomic E-state index is 13.9. The SMILES string of the molecule is CC(C)CC1(C)C(=O)NCCN1C(=O)C(Cc1ccccc1)NC(=O)CNC(=O)[C@@H](C)NC(=O)[C@@H](N)Cc1ccc(O)cc1. The fourth-order valence-electron chi connectivity index (χ4n) is 5.36. The molecule has 5 amide bonds. The van der Waals surface area contributed by atoms with Crippen molar-refractivity contribution in [1.82, 2.24) is 26.2 Å². The minimum Gasteiger partial charge on any atom is -0.508 e. The number of amides is 5. The van der Waals surface area contributed by atoms with E-state index in [1.807, 2.05) is 44.2 Å². The van der Waals surface area contributed by atoms with Crippen LogP contribution in [0.3, 0.4) is 0 Å². The number of benzene rings is 2. The average Bonchev–Trinajstić information content (AvgIpc) is 2.98. The van der Waals surface area contributed by atoms with Crippen molar-refractivity contribution < 1.29 is 29.1 Å². The van der Waals surface area contributed by atoms with Gasteiger partial charge in [0.2, 0.25) is 29.5 Å². The first-order valence-electron chi connectivity index (χ1n) is 14.8. The van der Waals surface area contributed by atoms with E-state index in [0.29, 0.717) is 19.5 Å². The lowest BCUT2D eigenvalue weighted by molar-refractivity contribution is -0.153. The van der Waals surface area contributed by atoms with Crippen LogP contribution in [0.4, 0.5) is 0 Å². The second-order valence-electron chi connectivity index (χ2n) is 11.9. The smallest absolute Gasteiger partial charge is 0.246 e. The van der Waals surface area contributed by atoms with Gasteiger partial charge in [0.15, 0.2) is 0 Å². The van der Waals surface area contributed by atoms with Crippen molar-refractivity contribution in [3.05, 3.63) is 65.7 Å². The first-order valence-corrected chi connectivity index (χ1v) is 14.8. The van der Waals surface area contributed by atoms with Gasteiger partial charge in [-0.25, -0.2) is 0 Å². The molecular formula is C32H44N6O6. The van der Waals surface area contributed by atoms with Crippen molar-refractivity contribution in [2.24, 2.45) is 11.7 Å². The van der Waals surface area contributed by atoms with Crippen LogP contribution in [-0.4, -0.2) is 82.8 Å². The van der Waals surface area contributed by atoms with Crippen LogP contribution in [0.2, 0.25) is 0 Å². The Labute approximate surface area is 258 Å². The van der Waals surface area contributed by atoms with Gasteiger partial charge in [-0.05, 0) is 55.9 Å². The van der Waals surface area contributed by atoms with E-state index in [1.54, 1.807) is 24.0 Å². The number of rotatable bonds is 13. The molecule has 0 radical (unpaired) electrons. The van der Waals surface area contributed by atoms with Crippen LogP contribution in [0.1, 0.15) is 45.2 Å². The van der Waals surface area contributed by atoms with Gasteiger partial charge in [0, 0.05) is 19.5 Å². The Morgan fingerprint density at radius 3 is 2.23 bits per heavy atom. The van der Waals surface area contributed by atoms with Gasteiger partial charge >= 0.3 is 0 Å². The summed E-state index contributed by atoms with van der Waals surface area (Å²) in [6.07, 6.45) is 0.851. The highest BCUT2D eigenvalue weighted by atomic mass is 16.3. The molecular weight excluding hydrogens is 564 g/mol. The largest absolute Gasteiger partial charge is 0.508 e. The zero-order valence-corrected chi connectivity index (χ0v) is 25.8. The lowest BCUT2D eigenvalue weighted by atomic mass is 9.85. The number of hydrogen-bond donors (Lipinski definition) is 6. The topological polar surface area (TPSA) is 183 Å². The molecule has 0 bridgehead atoms. The molecule has 2 aromatic rings. The third-order valence-electron chi connectivity index (χ3n) is 7.60. The Balaban J connectivity index is 1.62. The molecule has 4 atom stereocenters. The second kappa shape index (κ2) is 15.3. The predicted octanol–water partition coefficient (Wildman–Crippen LogP) is 0.374. The molecule has 44 heavy (non-hydrogen) atoms. The van der Waals surface area contributed by atoms with Gasteiger partial charge in [-0.15, -0.1) is 0 Å². The van der Waals surface area contributed by atoms with Crippen LogP contribution in [0.5, 0.6) is 5.75 Å². The van der Waals surface area contributed by atoms with E-state index in [-0.39, 0.29) is 36.3 Å². The molecule has 1 aliphatic rings. The number of carbonyl (C=O) groups excluding carboxylic acids is 5. The summed E-state index contributed by atoms with van der Waals surface area (Å²) in [7, 11) is 0. The predicted molar refractivity (Wildman–Crippen MR) is 165 cm³/mol. The number of piperazine rings is 1. The summed E-state index contributed by atoms with van der Waals surface area (Å²) in [4.78, 5) is 66.7. The average molecular weight is 609 g/mol. The molecule has 1 aliphatic heterocycles. The van der Waals surface area contributed by atoms with Crippen molar-refractivity contribution in [3.63, 3.8) is 0 Å². The standard InChI is InChI=1S/C32H44N6O6/c1-20(2)18-32(4)31(44)34-14-15-38(32)30(43)26(17-22-8-6-5-7-9-22)37-27(40)19-35-28(41)21(3)36-29(42)25(33)16-23-10-12-24(39)13-11-23/h5-13,20-21,25-26,39H,14-19,33H2,1-4H3,(H,34,44)(H,35,41)(H,36,42)(H,37,40)/t21-,25+,26?,32?/m1/s1. The lowest BCUT2D eigenvalue weighted by Crippen LogP contribution is -2.68. The minimum atomic E-state index is -1.08. The molecule has 0 aliphatic carbocycles. The molecule has 2 aromatic carbocycles. The Bertz CT molecular complexity index is 1320. The zero-order chi connectivity index (χ0) is 32.4. The molecule has 0 saturated carbocycles. The van der Waals surface area contributed by atoms with Crippen molar-refractivity contribution in [1.29, 1.82) is 0 Å². The van der Waals surface area contributed by atoms with E-state index in [4.69, 9.17) is 5.73 Å². The van der Waals surface area contributed by atoms with E-state index in [2.05, 4.69) is 21.3 Å². The van der Waals surface area contributed by atoms with Gasteiger partial charge in [0.1, 0.15) is 23.4 Å². The summed E-state index contributed by atoms with van der Waals surface area (Å²) in [6, 6.07) is 12.6. The first kappa shape index (κ1) is 34.0. The van der Waals surface area contributed by atoms with Crippen LogP contribution in [0.15, 0.2) is 54.6 Å². The van der Waals surface area contributed by atoms with E-state index < -0.39 is 47.9 Å². The summed E-state index contributed by atoms with van der Waals surface area (Å²) in [5, 5.41) is 20.1. The fourth-order valence-corrected chi connectivity index (χ4v) is 5.36. The highest BCUT2D eigenvalue weighted by molar-refractivity contribution is 5.96. The number of phenols is 1. The van der Waals surface area contributed by atoms with Crippen LogP contribution in [0.25, 0.3) is 0 Å². The van der Waals surface area contributed by atoms with Gasteiger partial charge in [-0.3, -0.25) is 24.0 Å². The Morgan fingerprint density at radius 2 is 1.59 bits per heavy atom. The van der Waals surface area contributed by atoms with Gasteiger partial charge in [0.05, 0.1) is 12.6 Å². The van der Waals surface area contributed by atoms with Gasteiger partial charge in [0.25, 0.3) is 0 Å². The summed E-state index contributed by atoms with van der Waals surface area (Å²) >= 11 is 0. The molecule has 12 heteroatoms. The molecule has 1 heterocycles. The van der Waals surface area contributed by atoms with E-state index in [9.17, 15) is 29.1 Å². The quantitative estimate of drug-likeness (QED) is 0.190. The monoisotopic (exact) mass is 608 g/mol. The summed E-state index contributed by atoms with van der Waals surface area (Å²) in [5.41, 5.74) is 6.48. The Hall–Kier alpha value is -4.45. The molecule has 0 aromatic heterocycles. The summed E-state index contributed by atoms with van der Waals surface area (Å²) in [6.45, 7) is 7.36. The number of nitrogens with one attached hydrogen (secondary N) is 4. The number of nitrogens with zero attached hydrogens (tertiary/aromatic N) is 1. The first-order chi connectivity index (χ1) is 20.8. The highest BCUT2D eigenvalue weighted by Gasteiger charge is 2.46. The van der Waals surface area contributed by atoms with Crippen molar-refractivity contribution >= 4 is 29.5 Å². The van der Waals surface area contributed by atoms with Crippen LogP contribution < -0.4 is 27.0 Å². The van der Waals surface area contributed by atoms with Crippen molar-refractivity contribution in [2.45, 2.75) is 70.6 Å². The van der Waals surface area contributed by atoms with Crippen molar-refractivity contribution in [3.8, 4) is 5.75 Å². The second-order valence-corrected chi connectivity index (χ2v) is 11.9. The maximum atomic E-state index is 13.9. The number of aromatic hydroxyl groups is 1. The van der Waals surface area contributed by atoms with E-state index in [1.165, 1.54) is 19.1 Å². The molecule has 1 fully saturated rings. The van der Waals surface area contributed by atoms with Gasteiger partial charge in [-0.1, -0.05) is 56.3 Å². The minimum absolute atomic E-state index is 0.0976. The van der Waals surface area contributed by atoms with Crippen LogP contribution in [-0.2, 0) is 36.8 Å². The molecule has 2 unspecified atom stereocenters. The number of carbonyl (C=O) groups is 5. The van der Waals surface area contributed by atoms with E-state index >= 15 is 0 Å². The number of nitrogens with two attached hydrogens (primary N) is 1. The van der Waals surface area contributed by atoms with Crippen LogP contribution >= 0.6 is 0 Å². The Morgan fingerprint density at radius 1 is 0.955 bits per heavy atom. The highest BCUT2D eigenvalue weighted by Crippen LogP contribution is 2.28. The van der Waals surface area contributed by atoms with Crippen LogP contribution in [0, 0.1) is 5.92 Å². The number of phenolic OH excluding ortho intramolecular Hbond substituents is 1. The third-order valence-corrected chi connectivity index (χ3v) is 7.60. The molecule has 0 spiro atoms. The van der Waals surface area contributed by atoms with Gasteiger partial charge in [-0.2, -0.15) is 0 Å². The number of hydrogen-bond acceptors (Lipinski definition) is 7. The zero-order valence-electron chi connectivity index (χ0n) is 25.8. The summed E-state index contributed by atoms with van der Waals surface area (Å²) in [5.74, 6) is -2.12. The van der Waals surface area contributed by atoms with Crippen molar-refractivity contribution in [2.75, 3.05) is 19.6 Å². The summed E-state index contributed by atoms with van der Waals surface area (Å²) < 4.78 is 0. The fraction of sp³-hybridized carbons (Fsp3) is 0.469. The lowest BCUT2D eigenvalue weighted by Gasteiger charge is -2.45. The maximum Gasteiger partial charge on any atom is 0.246 e. The molecule has 1 saturated heterocycles. The van der Waals surface area contributed by atoms with E-state index in [0.717, 1.165) is 11.1 Å². The molecule has 3 rings (SSSR count). The Kier molecular flexibility index (Phi) is 11.9. The molecule has 7 N–H and O–H groups in total.